The van der Waals surface area contributed by atoms with Crippen LogP contribution in [0.15, 0.2) is 77.3 Å². The number of amides is 2. The molecule has 0 saturated carbocycles. The number of hydrogen-bond donors (Lipinski definition) is 1. The first-order valence-corrected chi connectivity index (χ1v) is 12.3. The van der Waals surface area contributed by atoms with Crippen molar-refractivity contribution < 1.29 is 14.3 Å². The van der Waals surface area contributed by atoms with Gasteiger partial charge in [-0.3, -0.25) is 9.59 Å². The molecule has 3 aromatic carbocycles. The van der Waals surface area contributed by atoms with Crippen molar-refractivity contribution in [3.8, 4) is 5.75 Å². The highest BCUT2D eigenvalue weighted by Gasteiger charge is 2.30. The molecule has 178 valence electrons. The molecule has 0 radical (unpaired) electrons. The second kappa shape index (κ2) is 12.6. The normalized spacial score (nSPS) is 11.5. The standard InChI is InChI=1S/C27H28BrClN2O3/c1-3-30-27(33)24(15-20-7-5-4-6-8-20)31(17-21-11-9-19(2)10-12-21)26(32)18-34-25-14-13-22(28)16-23(25)29/h4-14,16,24H,3,15,17-18H2,1-2H3,(H,30,33). The average molecular weight is 544 g/mol. The van der Waals surface area contributed by atoms with Gasteiger partial charge in [0.1, 0.15) is 11.8 Å². The number of halogens is 2. The first kappa shape index (κ1) is 25.8. The van der Waals surface area contributed by atoms with Gasteiger partial charge in [-0.25, -0.2) is 0 Å². The van der Waals surface area contributed by atoms with Crippen LogP contribution in [0, 0.1) is 6.92 Å². The molecule has 1 atom stereocenters. The lowest BCUT2D eigenvalue weighted by molar-refractivity contribution is -0.142. The Kier molecular flexibility index (Phi) is 9.54. The van der Waals surface area contributed by atoms with Crippen LogP contribution in [0.3, 0.4) is 0 Å². The van der Waals surface area contributed by atoms with Crippen LogP contribution in [0.2, 0.25) is 5.02 Å². The maximum absolute atomic E-state index is 13.5. The number of nitrogens with zero attached hydrogens (tertiary/aromatic N) is 1. The summed E-state index contributed by atoms with van der Waals surface area (Å²) in [5.74, 6) is -0.0913. The molecule has 34 heavy (non-hydrogen) atoms. The van der Waals surface area contributed by atoms with Gasteiger partial charge in [0, 0.05) is 24.0 Å². The predicted molar refractivity (Wildman–Crippen MR) is 139 cm³/mol. The number of likely N-dealkylation sites (N-methyl/N-ethyl adjacent to an activating group) is 1. The summed E-state index contributed by atoms with van der Waals surface area (Å²) >= 11 is 9.62. The third-order valence-corrected chi connectivity index (χ3v) is 6.13. The van der Waals surface area contributed by atoms with E-state index in [1.165, 1.54) is 0 Å². The summed E-state index contributed by atoms with van der Waals surface area (Å²) in [5.41, 5.74) is 3.03. The molecule has 3 rings (SSSR count). The van der Waals surface area contributed by atoms with Crippen molar-refractivity contribution in [3.05, 3.63) is 99.0 Å². The van der Waals surface area contributed by atoms with Crippen molar-refractivity contribution in [2.45, 2.75) is 32.9 Å². The number of aryl methyl sites for hydroxylation is 1. The maximum Gasteiger partial charge on any atom is 0.261 e. The van der Waals surface area contributed by atoms with Crippen LogP contribution < -0.4 is 10.1 Å². The number of carbonyl (C=O) groups is 2. The van der Waals surface area contributed by atoms with Crippen LogP contribution >= 0.6 is 27.5 Å². The summed E-state index contributed by atoms with van der Waals surface area (Å²) in [4.78, 5) is 28.2. The zero-order valence-corrected chi connectivity index (χ0v) is 21.6. The number of benzene rings is 3. The molecule has 0 bridgehead atoms. The van der Waals surface area contributed by atoms with Crippen molar-refractivity contribution in [3.63, 3.8) is 0 Å². The molecule has 7 heteroatoms. The summed E-state index contributed by atoms with van der Waals surface area (Å²) in [7, 11) is 0. The highest BCUT2D eigenvalue weighted by molar-refractivity contribution is 9.10. The van der Waals surface area contributed by atoms with E-state index in [9.17, 15) is 9.59 Å². The fourth-order valence-electron chi connectivity index (χ4n) is 3.55. The zero-order valence-electron chi connectivity index (χ0n) is 19.3. The van der Waals surface area contributed by atoms with E-state index in [1.54, 1.807) is 23.1 Å². The molecule has 0 aliphatic carbocycles. The van der Waals surface area contributed by atoms with Crippen molar-refractivity contribution in [2.75, 3.05) is 13.2 Å². The Morgan fingerprint density at radius 1 is 1.03 bits per heavy atom. The molecular weight excluding hydrogens is 516 g/mol. The van der Waals surface area contributed by atoms with Gasteiger partial charge >= 0.3 is 0 Å². The van der Waals surface area contributed by atoms with Gasteiger partial charge in [-0.15, -0.1) is 0 Å². The van der Waals surface area contributed by atoms with E-state index < -0.39 is 6.04 Å². The largest absolute Gasteiger partial charge is 0.482 e. The molecular formula is C27H28BrClN2O3. The summed E-state index contributed by atoms with van der Waals surface area (Å²) in [6.45, 7) is 4.39. The van der Waals surface area contributed by atoms with E-state index in [4.69, 9.17) is 16.3 Å². The fourth-order valence-corrected chi connectivity index (χ4v) is 4.28. The summed E-state index contributed by atoms with van der Waals surface area (Å²) in [5, 5.41) is 3.29. The summed E-state index contributed by atoms with van der Waals surface area (Å²) < 4.78 is 6.57. The van der Waals surface area contributed by atoms with Crippen LogP contribution in [0.1, 0.15) is 23.6 Å². The SMILES string of the molecule is CCNC(=O)C(Cc1ccccc1)N(Cc1ccc(C)cc1)C(=O)COc1ccc(Br)cc1Cl. The van der Waals surface area contributed by atoms with Gasteiger partial charge < -0.3 is 15.0 Å². The highest BCUT2D eigenvalue weighted by Crippen LogP contribution is 2.28. The minimum atomic E-state index is -0.694. The van der Waals surface area contributed by atoms with Gasteiger partial charge in [-0.05, 0) is 43.2 Å². The quantitative estimate of drug-likeness (QED) is 0.364. The minimum absolute atomic E-state index is 0.200. The predicted octanol–water partition coefficient (Wildman–Crippen LogP) is 5.57. The zero-order chi connectivity index (χ0) is 24.5. The van der Waals surface area contributed by atoms with Gasteiger partial charge in [-0.2, -0.15) is 0 Å². The second-order valence-electron chi connectivity index (χ2n) is 7.97. The van der Waals surface area contributed by atoms with Crippen LogP contribution in [0.5, 0.6) is 5.75 Å². The van der Waals surface area contributed by atoms with Gasteiger partial charge in [0.05, 0.1) is 5.02 Å². The maximum atomic E-state index is 13.5. The van der Waals surface area contributed by atoms with E-state index in [2.05, 4.69) is 21.2 Å². The Labute approximate surface area is 214 Å². The Morgan fingerprint density at radius 2 is 1.74 bits per heavy atom. The third-order valence-electron chi connectivity index (χ3n) is 5.34. The highest BCUT2D eigenvalue weighted by atomic mass is 79.9. The fraction of sp³-hybridized carbons (Fsp3) is 0.259. The number of hydrogen-bond acceptors (Lipinski definition) is 3. The van der Waals surface area contributed by atoms with Gasteiger partial charge in [-0.1, -0.05) is 87.7 Å². The summed E-state index contributed by atoms with van der Waals surface area (Å²) in [6.07, 6.45) is 0.392. The van der Waals surface area contributed by atoms with Crippen molar-refractivity contribution in [1.29, 1.82) is 0 Å². The van der Waals surface area contributed by atoms with Crippen LogP contribution in [-0.2, 0) is 22.6 Å². The number of ether oxygens (including phenoxy) is 1. The lowest BCUT2D eigenvalue weighted by atomic mass is 10.0. The van der Waals surface area contributed by atoms with E-state index in [-0.39, 0.29) is 25.0 Å². The van der Waals surface area contributed by atoms with E-state index in [1.807, 2.05) is 68.4 Å². The molecule has 0 heterocycles. The second-order valence-corrected chi connectivity index (χ2v) is 9.29. The first-order chi connectivity index (χ1) is 16.4. The Bertz CT molecular complexity index is 1110. The molecule has 0 aliphatic rings. The molecule has 2 amide bonds. The third kappa shape index (κ3) is 7.34. The van der Waals surface area contributed by atoms with Crippen molar-refractivity contribution >= 4 is 39.3 Å². The van der Waals surface area contributed by atoms with Crippen LogP contribution in [0.25, 0.3) is 0 Å². The number of rotatable bonds is 10. The van der Waals surface area contributed by atoms with Gasteiger partial charge in [0.2, 0.25) is 5.91 Å². The summed E-state index contributed by atoms with van der Waals surface area (Å²) in [6, 6.07) is 22.1. The van der Waals surface area contributed by atoms with E-state index in [0.717, 1.165) is 21.2 Å². The Hall–Kier alpha value is -2.83. The molecule has 0 saturated heterocycles. The molecule has 0 aromatic heterocycles. The molecule has 0 fully saturated rings. The smallest absolute Gasteiger partial charge is 0.261 e. The number of nitrogens with one attached hydrogen (secondary N) is 1. The van der Waals surface area contributed by atoms with Crippen molar-refractivity contribution in [1.82, 2.24) is 10.2 Å². The van der Waals surface area contributed by atoms with Gasteiger partial charge in [0.15, 0.2) is 6.61 Å². The lowest BCUT2D eigenvalue weighted by Crippen LogP contribution is -2.51. The molecule has 3 aromatic rings. The van der Waals surface area contributed by atoms with E-state index in [0.29, 0.717) is 23.7 Å². The minimum Gasteiger partial charge on any atom is -0.482 e. The van der Waals surface area contributed by atoms with Crippen LogP contribution in [0.4, 0.5) is 0 Å². The molecule has 1 unspecified atom stereocenters. The number of carbonyl (C=O) groups excluding carboxylic acids is 2. The average Bonchev–Trinajstić information content (AvgIpc) is 2.82. The Balaban J connectivity index is 1.89. The monoisotopic (exact) mass is 542 g/mol. The molecule has 1 N–H and O–H groups in total. The topological polar surface area (TPSA) is 58.6 Å². The lowest BCUT2D eigenvalue weighted by Gasteiger charge is -2.31. The van der Waals surface area contributed by atoms with Gasteiger partial charge in [0.25, 0.3) is 5.91 Å². The molecule has 0 aliphatic heterocycles. The van der Waals surface area contributed by atoms with E-state index >= 15 is 0 Å². The first-order valence-electron chi connectivity index (χ1n) is 11.1. The van der Waals surface area contributed by atoms with Crippen molar-refractivity contribution in [2.24, 2.45) is 0 Å². The Morgan fingerprint density at radius 3 is 2.38 bits per heavy atom. The molecule has 0 spiro atoms. The molecule has 5 nitrogen and oxygen atoms in total. The van der Waals surface area contributed by atoms with Crippen LogP contribution in [-0.4, -0.2) is 35.9 Å².